The summed E-state index contributed by atoms with van der Waals surface area (Å²) in [6.07, 6.45) is 16.0. The van der Waals surface area contributed by atoms with Gasteiger partial charge in [-0.15, -0.1) is 0 Å². The first-order chi connectivity index (χ1) is 64.9. The molecular formula is C97H143N13O24. The smallest absolute Gasteiger partial charge is 0.407 e. The Morgan fingerprint density at radius 1 is 0.716 bits per heavy atom. The minimum Gasteiger partial charge on any atom is -0.461 e. The molecule has 1 aliphatic carbocycles. The Balaban J connectivity index is 0.532. The zero-order valence-electron chi connectivity index (χ0n) is 79.7. The molecule has 4 aliphatic heterocycles. The van der Waals surface area contributed by atoms with E-state index in [4.69, 9.17) is 86.6 Å². The molecule has 37 nitrogen and oxygen atoms in total. The molecule has 10 rings (SSSR count). The lowest BCUT2D eigenvalue weighted by atomic mass is 9.78. The summed E-state index contributed by atoms with van der Waals surface area (Å²) in [6.45, 7) is 22.3. The highest BCUT2D eigenvalue weighted by Gasteiger charge is 2.53. The molecule has 37 heteroatoms. The predicted molar refractivity (Wildman–Crippen MR) is 498 cm³/mol. The lowest BCUT2D eigenvalue weighted by molar-refractivity contribution is -0.265. The number of carbonyl (C=O) groups excluding carboxylic acids is 6. The Morgan fingerprint density at radius 3 is 2.01 bits per heavy atom. The number of cyclic esters (lactones) is 1. The Hall–Kier alpha value is -9.09. The molecule has 1 aromatic carbocycles. The highest BCUT2D eigenvalue weighted by atomic mass is 16.6. The number of nitrogens with two attached hydrogens (primary N) is 1. The average molecular weight is 1880 g/mol. The fourth-order valence-corrected chi connectivity index (χ4v) is 17.9. The number of azide groups is 1. The summed E-state index contributed by atoms with van der Waals surface area (Å²) in [6, 6.07) is 8.28. The number of nitrogens with one attached hydrogen (secondary N) is 2. The zero-order chi connectivity index (χ0) is 95.7. The number of hydrogen-bond donors (Lipinski definition) is 5. The number of H-pyrrole nitrogens is 1. The van der Waals surface area contributed by atoms with Crippen molar-refractivity contribution in [2.75, 3.05) is 179 Å². The van der Waals surface area contributed by atoms with Gasteiger partial charge in [-0.2, -0.15) is 5.10 Å². The van der Waals surface area contributed by atoms with Crippen LogP contribution in [-0.2, 0) is 119 Å². The molecule has 8 heterocycles. The number of nitrogens with zero attached hydrogens (tertiary/aromatic N) is 10. The molecule has 16 atom stereocenters. The molecular weight excluding hydrogens is 1730 g/mol. The van der Waals surface area contributed by atoms with Crippen molar-refractivity contribution < 1.29 is 115 Å². The number of amides is 3. The quantitative estimate of drug-likeness (QED) is 0.00460. The second-order valence-electron chi connectivity index (χ2n) is 35.4. The van der Waals surface area contributed by atoms with Crippen LogP contribution in [0.2, 0.25) is 0 Å². The molecule has 3 fully saturated rings. The highest BCUT2D eigenvalue weighted by Crippen LogP contribution is 2.40. The summed E-state index contributed by atoms with van der Waals surface area (Å²) >= 11 is 0. The number of rotatable bonds is 44. The number of piperidine rings is 1. The predicted octanol–water partition coefficient (Wildman–Crippen LogP) is 10.5. The number of ether oxygens (including phenoxy) is 16. The van der Waals surface area contributed by atoms with Crippen molar-refractivity contribution in [1.29, 1.82) is 0 Å². The van der Waals surface area contributed by atoms with Crippen molar-refractivity contribution in [2.45, 2.75) is 212 Å². The van der Waals surface area contributed by atoms with Gasteiger partial charge in [0.2, 0.25) is 11.7 Å². The van der Waals surface area contributed by atoms with Crippen LogP contribution in [0.5, 0.6) is 0 Å². The molecule has 6 N–H and O–H groups in total. The van der Waals surface area contributed by atoms with Crippen LogP contribution in [0.4, 0.5) is 10.6 Å². The standard InChI is InChI=1S/C97H143N13O24/c1-64-16-12-11-13-17-65(2)81(119-8)58-77-23-19-70(7)97(118,134-77)90(114)94(115)109-30-15-14-18-79(109)95(116)132-82(59-78(105-107-99)66(3)53-69(6)88(113)89(121-10)87(112)68(5)52-64)67(4)54-71-21-24-80(83(56-71)120-9)133-96(117)101-29-33-123-35-37-125-39-41-127-43-45-129-47-49-131-51-50-130-48-46-128-44-42-126-40-38-124-36-34-122-32-27-84(111)108-31-26-73-55-72(20-22-75(73)62-108)61-110-93-85(91(98)103-63-104-93)86(106-110)76-57-74-25-28-100-92(74)102-60-76/h11-13,16-17,20,22,25,28,53,55,57,60,63-64,66-68,70-71,77-83,88-89,113,118H,14-15,18-19,21,23-24,26-27,29-52,54,56,58-59,61-62H2,1-10H3,(H,100,102)(H,101,117)(H2,98,103,104)/b13-11+,16-12+,65-17+,69-53+/t64-,66?,67-,68?,70-,71+,77+,78?,79+,80-,81+,82+,83-,88-,89+,97-/m1/s1. The van der Waals surface area contributed by atoms with Crippen LogP contribution in [0.25, 0.3) is 43.8 Å². The van der Waals surface area contributed by atoms with Gasteiger partial charge in [-0.1, -0.05) is 94.4 Å². The molecule has 3 unspecified atom stereocenters. The number of aromatic amines is 1. The largest absolute Gasteiger partial charge is 0.461 e. The summed E-state index contributed by atoms with van der Waals surface area (Å²) in [4.78, 5) is 107. The number of carbonyl (C=O) groups is 6. The molecule has 134 heavy (non-hydrogen) atoms. The van der Waals surface area contributed by atoms with Crippen LogP contribution in [-0.4, -0.2) is 319 Å². The molecule has 5 aliphatic rings. The minimum absolute atomic E-state index is 0.00768. The van der Waals surface area contributed by atoms with Crippen LogP contribution >= 0.6 is 0 Å². The van der Waals surface area contributed by atoms with Gasteiger partial charge >= 0.3 is 12.1 Å². The van der Waals surface area contributed by atoms with Crippen molar-refractivity contribution in [3.05, 3.63) is 124 Å². The highest BCUT2D eigenvalue weighted by molar-refractivity contribution is 6.39. The zero-order valence-corrected chi connectivity index (χ0v) is 79.7. The van der Waals surface area contributed by atoms with E-state index in [1.807, 2.05) is 92.9 Å². The van der Waals surface area contributed by atoms with Gasteiger partial charge in [0.1, 0.15) is 53.9 Å². The maximum absolute atomic E-state index is 14.9. The lowest BCUT2D eigenvalue weighted by Gasteiger charge is -2.43. The Bertz CT molecular complexity index is 4670. The molecule has 2 saturated heterocycles. The Morgan fingerprint density at radius 2 is 1.37 bits per heavy atom. The number of anilines is 1. The van der Waals surface area contributed by atoms with E-state index < -0.39 is 108 Å². The molecule has 4 aromatic heterocycles. The number of alkyl carbamates (subject to hydrolysis) is 1. The monoisotopic (exact) mass is 1870 g/mol. The summed E-state index contributed by atoms with van der Waals surface area (Å²) in [5.74, 6) is -7.61. The number of methoxy groups -OCH3 is 3. The van der Waals surface area contributed by atoms with E-state index in [1.54, 1.807) is 40.3 Å². The topological polar surface area (TPSA) is 456 Å². The van der Waals surface area contributed by atoms with Gasteiger partial charge in [0.15, 0.2) is 11.4 Å². The first kappa shape index (κ1) is 107. The summed E-state index contributed by atoms with van der Waals surface area (Å²) in [5.41, 5.74) is 24.1. The molecule has 0 spiro atoms. The van der Waals surface area contributed by atoms with E-state index in [1.165, 1.54) is 23.9 Å². The fraction of sp³-hybridized carbons (Fsp3) is 0.670. The van der Waals surface area contributed by atoms with Crippen molar-refractivity contribution >= 4 is 63.3 Å². The second kappa shape index (κ2) is 56.6. The number of Topliss-reactive ketones (excluding diaryl/α,β-unsaturated/α-hetero) is 2. The number of ketones is 2. The van der Waals surface area contributed by atoms with Crippen molar-refractivity contribution in [1.82, 2.24) is 44.8 Å². The van der Waals surface area contributed by atoms with Gasteiger partial charge in [0, 0.05) is 100 Å². The van der Waals surface area contributed by atoms with Gasteiger partial charge < -0.3 is 112 Å². The number of fused-ring (bicyclic) bond motifs is 6. The Kier molecular flexibility index (Phi) is 45.1. The molecule has 1 saturated carbocycles. The van der Waals surface area contributed by atoms with E-state index >= 15 is 0 Å². The van der Waals surface area contributed by atoms with Crippen molar-refractivity contribution in [2.24, 2.45) is 40.6 Å². The number of hydrogen-bond acceptors (Lipinski definition) is 30. The normalized spacial score (nSPS) is 26.7. The van der Waals surface area contributed by atoms with Crippen molar-refractivity contribution in [3.8, 4) is 11.3 Å². The number of aromatic nitrogens is 6. The number of aliphatic hydroxyl groups excluding tert-OH is 1. The van der Waals surface area contributed by atoms with Crippen molar-refractivity contribution in [3.63, 3.8) is 0 Å². The van der Waals surface area contributed by atoms with E-state index in [-0.39, 0.29) is 62.5 Å². The minimum atomic E-state index is -2.49. The van der Waals surface area contributed by atoms with Crippen LogP contribution in [0.3, 0.4) is 0 Å². The third-order valence-corrected chi connectivity index (χ3v) is 25.6. The maximum atomic E-state index is 14.9. The van der Waals surface area contributed by atoms with Crippen LogP contribution in [0.15, 0.2) is 102 Å². The van der Waals surface area contributed by atoms with Crippen LogP contribution in [0, 0.1) is 35.5 Å². The molecule has 3 amide bonds. The first-order valence-electron chi connectivity index (χ1n) is 47.4. The van der Waals surface area contributed by atoms with Gasteiger partial charge in [-0.05, 0) is 160 Å². The first-order valence-corrected chi connectivity index (χ1v) is 47.4. The molecule has 0 radical (unpaired) electrons. The number of nitrogen functional groups attached to an aromatic ring is 1. The third-order valence-electron chi connectivity index (χ3n) is 25.6. The second-order valence-corrected chi connectivity index (χ2v) is 35.4. The number of aliphatic hydroxyl groups is 2. The van der Waals surface area contributed by atoms with Crippen LogP contribution < -0.4 is 11.1 Å². The summed E-state index contributed by atoms with van der Waals surface area (Å²) in [5, 5.41) is 37.6. The number of allylic oxidation sites excluding steroid dienone is 5. The SMILES string of the molecule is CO[C@H]1C[C@@H]2CC[C@@H](C)[C@@](O)(O2)C(=O)C(=O)N2CCCC[C@H]2C(=O)O[C@H]([C@H](C)C[C@@H]2CC[C@@H](OC(=O)NCCOCCOCCOCCOCCOCCOCCOCCOCCOCCOCCC(=O)N3CCc4cc(Cn5nc(-c6cnc7[nH]ccc7c6)c6c(N)ncnc65)ccc4C3)[C@H](OC)C2)CC(N=[N+]=[N-])C(C)/C=C(\C)[C@@H](O)[C@@H](OC)C(=O)C(C)C[C@H](C)/C=C/C=C/C=C/1C. The molecule has 5 aromatic rings. The van der Waals surface area contributed by atoms with Gasteiger partial charge in [0.05, 0.1) is 169 Å². The maximum Gasteiger partial charge on any atom is 0.407 e. The number of pyridine rings is 1. The van der Waals surface area contributed by atoms with Gasteiger partial charge in [-0.3, -0.25) is 19.2 Å². The van der Waals surface area contributed by atoms with Gasteiger partial charge in [0.25, 0.3) is 11.7 Å². The van der Waals surface area contributed by atoms with E-state index in [0.29, 0.717) is 237 Å². The average Bonchev–Trinajstić information content (AvgIpc) is 1.25. The number of esters is 1. The van der Waals surface area contributed by atoms with Gasteiger partial charge in [-0.25, -0.2) is 29.2 Å². The number of benzene rings is 1. The van der Waals surface area contributed by atoms with E-state index in [2.05, 4.69) is 53.5 Å². The fourth-order valence-electron chi connectivity index (χ4n) is 17.9. The van der Waals surface area contributed by atoms with E-state index in [9.17, 15) is 44.5 Å². The molecule has 740 valence electrons. The summed E-state index contributed by atoms with van der Waals surface area (Å²) < 4.78 is 94.4. The lowest BCUT2D eigenvalue weighted by Crippen LogP contribution is -2.61. The third kappa shape index (κ3) is 32.5. The molecule has 2 bridgehead atoms. The summed E-state index contributed by atoms with van der Waals surface area (Å²) in [7, 11) is 4.51. The van der Waals surface area contributed by atoms with Crippen LogP contribution in [0.1, 0.15) is 149 Å². The van der Waals surface area contributed by atoms with E-state index in [0.717, 1.165) is 39.7 Å². The Labute approximate surface area is 785 Å².